The first kappa shape index (κ1) is 17.0. The van der Waals surface area contributed by atoms with Gasteiger partial charge in [0.15, 0.2) is 0 Å². The minimum Gasteiger partial charge on any atom is -0.321 e. The van der Waals surface area contributed by atoms with Crippen LogP contribution in [0, 0.1) is 5.82 Å². The number of nitrogens with one attached hydrogen (secondary N) is 1. The van der Waals surface area contributed by atoms with Crippen LogP contribution in [0.4, 0.5) is 28.0 Å². The maximum absolute atomic E-state index is 13.6. The van der Waals surface area contributed by atoms with Crippen molar-refractivity contribution in [3.05, 3.63) is 41.7 Å². The predicted molar refractivity (Wildman–Crippen MR) is 72.5 cm³/mol. The van der Waals surface area contributed by atoms with Gasteiger partial charge in [0.1, 0.15) is 5.82 Å². The molecular formula is C14H16F4N2O. The number of para-hydroxylation sites is 1. The second-order valence-corrected chi connectivity index (χ2v) is 4.56. The lowest BCUT2D eigenvalue weighted by Crippen LogP contribution is -2.36. The highest BCUT2D eigenvalue weighted by Gasteiger charge is 2.35. The maximum Gasteiger partial charge on any atom is 0.418 e. The molecule has 1 aromatic rings. The Hall–Kier alpha value is -2.05. The number of halogens is 4. The van der Waals surface area contributed by atoms with Crippen LogP contribution in [0.2, 0.25) is 0 Å². The number of anilines is 1. The van der Waals surface area contributed by atoms with Crippen LogP contribution < -0.4 is 5.32 Å². The number of benzene rings is 1. The smallest absolute Gasteiger partial charge is 0.321 e. The fourth-order valence-corrected chi connectivity index (χ4v) is 1.73. The number of rotatable bonds is 4. The Balaban J connectivity index is 3.07. The highest BCUT2D eigenvalue weighted by atomic mass is 19.4. The van der Waals surface area contributed by atoms with Crippen molar-refractivity contribution in [2.45, 2.75) is 20.0 Å². The van der Waals surface area contributed by atoms with Gasteiger partial charge in [-0.3, -0.25) is 0 Å². The van der Waals surface area contributed by atoms with Crippen molar-refractivity contribution in [2.24, 2.45) is 0 Å². The fourth-order valence-electron chi connectivity index (χ4n) is 1.73. The summed E-state index contributed by atoms with van der Waals surface area (Å²) in [5.74, 6) is -1.13. The Morgan fingerprint density at radius 2 is 2.00 bits per heavy atom. The summed E-state index contributed by atoms with van der Waals surface area (Å²) < 4.78 is 52.1. The predicted octanol–water partition coefficient (Wildman–Crippen LogP) is 4.27. The molecule has 2 amide bonds. The first-order valence-electron chi connectivity index (χ1n) is 6.22. The first-order chi connectivity index (χ1) is 9.66. The standard InChI is InChI=1S/C14H16F4N2O/c1-4-20(8-9(2)3)13(21)19-12-10(14(16,17)18)6-5-7-11(12)15/h5-7H,2,4,8H2,1,3H3,(H,19,21). The quantitative estimate of drug-likeness (QED) is 0.653. The molecule has 0 aliphatic rings. The summed E-state index contributed by atoms with van der Waals surface area (Å²) in [5, 5.41) is 1.99. The Labute approximate surface area is 120 Å². The summed E-state index contributed by atoms with van der Waals surface area (Å²) in [6.07, 6.45) is -4.75. The third-order valence-electron chi connectivity index (χ3n) is 2.68. The van der Waals surface area contributed by atoms with E-state index < -0.39 is 29.3 Å². The molecule has 21 heavy (non-hydrogen) atoms. The summed E-state index contributed by atoms with van der Waals surface area (Å²) in [6, 6.07) is 1.71. The zero-order chi connectivity index (χ0) is 16.2. The summed E-state index contributed by atoms with van der Waals surface area (Å²) >= 11 is 0. The van der Waals surface area contributed by atoms with Crippen molar-refractivity contribution in [3.8, 4) is 0 Å². The number of carbonyl (C=O) groups excluding carboxylic acids is 1. The van der Waals surface area contributed by atoms with Crippen LogP contribution in [0.25, 0.3) is 0 Å². The van der Waals surface area contributed by atoms with Gasteiger partial charge in [0, 0.05) is 13.1 Å². The molecule has 0 heterocycles. The van der Waals surface area contributed by atoms with Gasteiger partial charge >= 0.3 is 12.2 Å². The van der Waals surface area contributed by atoms with Gasteiger partial charge < -0.3 is 10.2 Å². The molecule has 0 aliphatic heterocycles. The lowest BCUT2D eigenvalue weighted by Gasteiger charge is -2.23. The molecule has 0 bridgehead atoms. The van der Waals surface area contributed by atoms with Gasteiger partial charge in [-0.05, 0) is 26.0 Å². The van der Waals surface area contributed by atoms with Crippen molar-refractivity contribution < 1.29 is 22.4 Å². The maximum atomic E-state index is 13.6. The molecule has 0 aliphatic carbocycles. The average Bonchev–Trinajstić information content (AvgIpc) is 2.36. The van der Waals surface area contributed by atoms with E-state index in [1.807, 2.05) is 5.32 Å². The van der Waals surface area contributed by atoms with Gasteiger partial charge in [-0.15, -0.1) is 0 Å². The fraction of sp³-hybridized carbons (Fsp3) is 0.357. The highest BCUT2D eigenvalue weighted by molar-refractivity contribution is 5.90. The number of hydrogen-bond donors (Lipinski definition) is 1. The lowest BCUT2D eigenvalue weighted by molar-refractivity contribution is -0.137. The normalized spacial score (nSPS) is 11.1. The molecule has 1 rings (SSSR count). The average molecular weight is 304 g/mol. The van der Waals surface area contributed by atoms with Crippen molar-refractivity contribution in [2.75, 3.05) is 18.4 Å². The molecule has 0 fully saturated rings. The summed E-state index contributed by atoms with van der Waals surface area (Å²) in [5.41, 5.74) is -1.42. The summed E-state index contributed by atoms with van der Waals surface area (Å²) in [4.78, 5) is 13.2. The van der Waals surface area contributed by atoms with Gasteiger partial charge in [0.2, 0.25) is 0 Å². The van der Waals surface area contributed by atoms with E-state index in [2.05, 4.69) is 6.58 Å². The molecule has 0 spiro atoms. The van der Waals surface area contributed by atoms with Gasteiger partial charge in [-0.25, -0.2) is 9.18 Å². The van der Waals surface area contributed by atoms with Crippen molar-refractivity contribution in [3.63, 3.8) is 0 Å². The Bertz CT molecular complexity index is 540. The molecule has 0 unspecified atom stereocenters. The third-order valence-corrected chi connectivity index (χ3v) is 2.68. The Morgan fingerprint density at radius 3 is 2.48 bits per heavy atom. The molecular weight excluding hydrogens is 288 g/mol. The largest absolute Gasteiger partial charge is 0.418 e. The molecule has 1 aromatic carbocycles. The molecule has 7 heteroatoms. The molecule has 116 valence electrons. The topological polar surface area (TPSA) is 32.3 Å². The van der Waals surface area contributed by atoms with E-state index in [0.717, 1.165) is 12.1 Å². The number of nitrogens with zero attached hydrogens (tertiary/aromatic N) is 1. The van der Waals surface area contributed by atoms with Crippen LogP contribution in [-0.4, -0.2) is 24.0 Å². The summed E-state index contributed by atoms with van der Waals surface area (Å²) in [6.45, 7) is 7.41. The summed E-state index contributed by atoms with van der Waals surface area (Å²) in [7, 11) is 0. The molecule has 0 radical (unpaired) electrons. The van der Waals surface area contributed by atoms with E-state index in [1.165, 1.54) is 4.90 Å². The second kappa shape index (κ2) is 6.60. The number of urea groups is 1. The van der Waals surface area contributed by atoms with Gasteiger partial charge in [0.25, 0.3) is 0 Å². The highest BCUT2D eigenvalue weighted by Crippen LogP contribution is 2.36. The van der Waals surface area contributed by atoms with E-state index in [9.17, 15) is 22.4 Å². The van der Waals surface area contributed by atoms with E-state index in [0.29, 0.717) is 11.6 Å². The molecule has 0 saturated heterocycles. The molecule has 0 atom stereocenters. The number of hydrogen-bond acceptors (Lipinski definition) is 1. The van der Waals surface area contributed by atoms with Crippen LogP contribution in [-0.2, 0) is 6.18 Å². The SMILES string of the molecule is C=C(C)CN(CC)C(=O)Nc1c(F)cccc1C(F)(F)F. The van der Waals surface area contributed by atoms with Gasteiger partial charge in [-0.1, -0.05) is 18.2 Å². The number of alkyl halides is 3. The number of carbonyl (C=O) groups is 1. The van der Waals surface area contributed by atoms with Crippen LogP contribution in [0.3, 0.4) is 0 Å². The third kappa shape index (κ3) is 4.47. The monoisotopic (exact) mass is 304 g/mol. The second-order valence-electron chi connectivity index (χ2n) is 4.56. The van der Waals surface area contributed by atoms with E-state index in [-0.39, 0.29) is 13.1 Å². The number of amides is 2. The van der Waals surface area contributed by atoms with Crippen molar-refractivity contribution >= 4 is 11.7 Å². The van der Waals surface area contributed by atoms with Crippen molar-refractivity contribution in [1.29, 1.82) is 0 Å². The molecule has 0 aromatic heterocycles. The van der Waals surface area contributed by atoms with Gasteiger partial charge in [0.05, 0.1) is 11.3 Å². The molecule has 0 saturated carbocycles. The zero-order valence-corrected chi connectivity index (χ0v) is 11.7. The Kier molecular flexibility index (Phi) is 5.34. The van der Waals surface area contributed by atoms with Crippen LogP contribution >= 0.6 is 0 Å². The van der Waals surface area contributed by atoms with Crippen LogP contribution in [0.15, 0.2) is 30.4 Å². The minimum absolute atomic E-state index is 0.179. The van der Waals surface area contributed by atoms with Crippen LogP contribution in [0.1, 0.15) is 19.4 Å². The molecule has 3 nitrogen and oxygen atoms in total. The van der Waals surface area contributed by atoms with E-state index >= 15 is 0 Å². The molecule has 1 N–H and O–H groups in total. The number of likely N-dealkylation sites (N-methyl/N-ethyl adjacent to an activating group) is 1. The lowest BCUT2D eigenvalue weighted by atomic mass is 10.1. The minimum atomic E-state index is -4.75. The van der Waals surface area contributed by atoms with Gasteiger partial charge in [-0.2, -0.15) is 13.2 Å². The van der Waals surface area contributed by atoms with E-state index in [1.54, 1.807) is 13.8 Å². The van der Waals surface area contributed by atoms with Crippen LogP contribution in [0.5, 0.6) is 0 Å². The zero-order valence-electron chi connectivity index (χ0n) is 11.7. The van der Waals surface area contributed by atoms with E-state index in [4.69, 9.17) is 0 Å². The van der Waals surface area contributed by atoms with Crippen molar-refractivity contribution in [1.82, 2.24) is 4.90 Å². The Morgan fingerprint density at radius 1 is 1.38 bits per heavy atom. The first-order valence-corrected chi connectivity index (χ1v) is 6.22.